The number of rotatable bonds is 3. The maximum Gasteiger partial charge on any atom is 0.334 e. The van der Waals surface area contributed by atoms with Crippen LogP contribution < -0.4 is 0 Å². The zero-order chi connectivity index (χ0) is 16.1. The highest BCUT2D eigenvalue weighted by Crippen LogP contribution is 2.62. The number of carbonyl (C=O) groups excluding carboxylic acids is 1. The lowest BCUT2D eigenvalue weighted by molar-refractivity contribution is -0.135. The summed E-state index contributed by atoms with van der Waals surface area (Å²) in [5.74, 6) is 0.896. The molecule has 2 fully saturated rings. The molecule has 122 valence electrons. The molecule has 1 aromatic rings. The Morgan fingerprint density at radius 2 is 2.26 bits per heavy atom. The van der Waals surface area contributed by atoms with Crippen LogP contribution in [0.15, 0.2) is 46.8 Å². The van der Waals surface area contributed by atoms with Crippen LogP contribution in [0.4, 0.5) is 0 Å². The summed E-state index contributed by atoms with van der Waals surface area (Å²) in [4.78, 5) is 12.2. The van der Waals surface area contributed by atoms with Crippen molar-refractivity contribution < 1.29 is 13.9 Å². The Kier molecular flexibility index (Phi) is 3.29. The van der Waals surface area contributed by atoms with E-state index in [0.717, 1.165) is 31.3 Å². The van der Waals surface area contributed by atoms with Crippen molar-refractivity contribution in [3.8, 4) is 0 Å². The summed E-state index contributed by atoms with van der Waals surface area (Å²) in [7, 11) is 0. The Bertz CT molecular complexity index is 669. The van der Waals surface area contributed by atoms with Gasteiger partial charge in [0.1, 0.15) is 6.61 Å². The molecule has 0 bridgehead atoms. The summed E-state index contributed by atoms with van der Waals surface area (Å²) in [5.41, 5.74) is 2.24. The van der Waals surface area contributed by atoms with Crippen molar-refractivity contribution in [1.82, 2.24) is 0 Å². The SMILES string of the molecule is C[C@H]1CC[C@]23COC(=O)C2=CC=CC3[C@]1(C)CCc1ccoc1. The van der Waals surface area contributed by atoms with Crippen molar-refractivity contribution in [2.75, 3.05) is 6.61 Å². The average Bonchev–Trinajstić information content (AvgIpc) is 3.18. The van der Waals surface area contributed by atoms with Crippen LogP contribution in [0.1, 0.15) is 38.7 Å². The van der Waals surface area contributed by atoms with E-state index in [9.17, 15) is 4.79 Å². The van der Waals surface area contributed by atoms with Crippen LogP contribution in [0.2, 0.25) is 0 Å². The fourth-order valence-electron chi connectivity index (χ4n) is 5.07. The van der Waals surface area contributed by atoms with Gasteiger partial charge in [-0.05, 0) is 54.6 Å². The van der Waals surface area contributed by atoms with E-state index in [1.54, 1.807) is 6.26 Å². The molecule has 2 aliphatic carbocycles. The van der Waals surface area contributed by atoms with Crippen molar-refractivity contribution in [3.63, 3.8) is 0 Å². The fourth-order valence-corrected chi connectivity index (χ4v) is 5.07. The minimum atomic E-state index is -0.105. The number of esters is 1. The summed E-state index contributed by atoms with van der Waals surface area (Å²) < 4.78 is 10.7. The molecule has 0 radical (unpaired) electrons. The fraction of sp³-hybridized carbons (Fsp3) is 0.550. The van der Waals surface area contributed by atoms with E-state index >= 15 is 0 Å². The van der Waals surface area contributed by atoms with Gasteiger partial charge in [0.15, 0.2) is 0 Å². The van der Waals surface area contributed by atoms with Crippen LogP contribution in [0.25, 0.3) is 0 Å². The minimum Gasteiger partial charge on any atom is -0.472 e. The summed E-state index contributed by atoms with van der Waals surface area (Å²) in [6.45, 7) is 5.33. The van der Waals surface area contributed by atoms with Gasteiger partial charge in [0.25, 0.3) is 0 Å². The summed E-state index contributed by atoms with van der Waals surface area (Å²) in [6, 6.07) is 2.05. The van der Waals surface area contributed by atoms with Gasteiger partial charge >= 0.3 is 5.97 Å². The van der Waals surface area contributed by atoms with Crippen molar-refractivity contribution in [1.29, 1.82) is 0 Å². The van der Waals surface area contributed by atoms with Crippen molar-refractivity contribution in [3.05, 3.63) is 48.0 Å². The molecule has 0 N–H and O–H groups in total. The third-order valence-electron chi connectivity index (χ3n) is 6.77. The molecule has 3 nitrogen and oxygen atoms in total. The zero-order valence-corrected chi connectivity index (χ0v) is 13.9. The van der Waals surface area contributed by atoms with Crippen LogP contribution in [-0.4, -0.2) is 12.6 Å². The molecule has 23 heavy (non-hydrogen) atoms. The van der Waals surface area contributed by atoms with Crippen molar-refractivity contribution in [2.45, 2.75) is 39.5 Å². The molecule has 3 aliphatic rings. The maximum absolute atomic E-state index is 12.2. The molecule has 0 aromatic carbocycles. The van der Waals surface area contributed by atoms with Crippen LogP contribution in [0.5, 0.6) is 0 Å². The van der Waals surface area contributed by atoms with E-state index in [4.69, 9.17) is 9.15 Å². The summed E-state index contributed by atoms with van der Waals surface area (Å²) in [6.07, 6.45) is 14.3. The van der Waals surface area contributed by atoms with Gasteiger partial charge in [-0.25, -0.2) is 4.79 Å². The first-order chi connectivity index (χ1) is 11.1. The first kappa shape index (κ1) is 14.8. The Labute approximate surface area is 137 Å². The van der Waals surface area contributed by atoms with Gasteiger partial charge in [0.05, 0.1) is 12.5 Å². The third-order valence-corrected chi connectivity index (χ3v) is 6.77. The highest BCUT2D eigenvalue weighted by atomic mass is 16.5. The molecule has 1 spiro atoms. The smallest absolute Gasteiger partial charge is 0.334 e. The molecular weight excluding hydrogens is 288 g/mol. The number of carbonyl (C=O) groups is 1. The minimum absolute atomic E-state index is 0.0938. The predicted octanol–water partition coefficient (Wildman–Crippen LogP) is 4.30. The molecule has 4 rings (SSSR count). The first-order valence-electron chi connectivity index (χ1n) is 8.63. The van der Waals surface area contributed by atoms with Crippen molar-refractivity contribution >= 4 is 5.97 Å². The lowest BCUT2D eigenvalue weighted by atomic mass is 9.48. The molecule has 0 amide bonds. The predicted molar refractivity (Wildman–Crippen MR) is 87.6 cm³/mol. The van der Waals surface area contributed by atoms with Gasteiger partial charge in [-0.15, -0.1) is 0 Å². The molecule has 2 heterocycles. The second kappa shape index (κ2) is 5.12. The largest absolute Gasteiger partial charge is 0.472 e. The Hall–Kier alpha value is -1.77. The molecule has 1 saturated carbocycles. The van der Waals surface area contributed by atoms with Gasteiger partial charge < -0.3 is 9.15 Å². The topological polar surface area (TPSA) is 39.4 Å². The van der Waals surface area contributed by atoms with Crippen LogP contribution in [-0.2, 0) is 16.0 Å². The number of ether oxygens (including phenoxy) is 1. The first-order valence-corrected chi connectivity index (χ1v) is 8.63. The van der Waals surface area contributed by atoms with Gasteiger partial charge in [0, 0.05) is 11.0 Å². The maximum atomic E-state index is 12.2. The zero-order valence-electron chi connectivity index (χ0n) is 13.9. The monoisotopic (exact) mass is 312 g/mol. The van der Waals surface area contributed by atoms with Crippen molar-refractivity contribution in [2.24, 2.45) is 22.7 Å². The van der Waals surface area contributed by atoms with E-state index in [-0.39, 0.29) is 16.8 Å². The number of aryl methyl sites for hydroxylation is 1. The normalized spacial score (nSPS) is 38.7. The Morgan fingerprint density at radius 1 is 1.39 bits per heavy atom. The summed E-state index contributed by atoms with van der Waals surface area (Å²) >= 11 is 0. The lowest BCUT2D eigenvalue weighted by Crippen LogP contribution is -2.50. The molecule has 3 heteroatoms. The Morgan fingerprint density at radius 3 is 3.04 bits per heavy atom. The van der Waals surface area contributed by atoms with Gasteiger partial charge in [0.2, 0.25) is 0 Å². The summed E-state index contributed by atoms with van der Waals surface area (Å²) in [5, 5.41) is 0. The second-order valence-corrected chi connectivity index (χ2v) is 7.75. The van der Waals surface area contributed by atoms with Gasteiger partial charge in [-0.2, -0.15) is 0 Å². The molecule has 4 atom stereocenters. The van der Waals surface area contributed by atoms with E-state index in [2.05, 4.69) is 32.1 Å². The molecule has 1 aromatic heterocycles. The van der Waals surface area contributed by atoms with E-state index in [0.29, 0.717) is 18.4 Å². The number of furan rings is 1. The number of allylic oxidation sites excluding steroid dienone is 3. The van der Waals surface area contributed by atoms with Gasteiger partial charge in [-0.1, -0.05) is 32.1 Å². The second-order valence-electron chi connectivity index (χ2n) is 7.75. The van der Waals surface area contributed by atoms with E-state index < -0.39 is 0 Å². The quantitative estimate of drug-likeness (QED) is 0.781. The molecule has 1 unspecified atom stereocenters. The van der Waals surface area contributed by atoms with E-state index in [1.807, 2.05) is 12.3 Å². The highest BCUT2D eigenvalue weighted by Gasteiger charge is 2.59. The average molecular weight is 312 g/mol. The van der Waals surface area contributed by atoms with Crippen LogP contribution in [0.3, 0.4) is 0 Å². The van der Waals surface area contributed by atoms with Gasteiger partial charge in [-0.3, -0.25) is 0 Å². The lowest BCUT2D eigenvalue weighted by Gasteiger charge is -2.55. The molecule has 1 aliphatic heterocycles. The van der Waals surface area contributed by atoms with Crippen LogP contribution >= 0.6 is 0 Å². The molecule has 1 saturated heterocycles. The number of hydrogen-bond donors (Lipinski definition) is 0. The Balaban J connectivity index is 1.67. The standard InChI is InChI=1S/C20H24O3/c1-14-6-10-20-13-23-18(21)16(20)4-3-5-17(20)19(14,2)9-7-15-8-11-22-12-15/h3-5,8,11-12,14,17H,6-7,9-10,13H2,1-2H3/t14-,17?,19+,20-/m0/s1. The highest BCUT2D eigenvalue weighted by molar-refractivity contribution is 5.93. The van der Waals surface area contributed by atoms with E-state index in [1.165, 1.54) is 5.56 Å². The number of hydrogen-bond acceptors (Lipinski definition) is 3. The number of cyclic esters (lactones) is 1. The molecular formula is C20H24O3. The van der Waals surface area contributed by atoms with Crippen LogP contribution in [0, 0.1) is 22.7 Å². The third kappa shape index (κ3) is 2.05.